The van der Waals surface area contributed by atoms with Gasteiger partial charge in [-0.05, 0) is 25.2 Å². The molecular formula is C10H14N2O3. The molecule has 82 valence electrons. The van der Waals surface area contributed by atoms with E-state index in [1.165, 1.54) is 0 Å². The van der Waals surface area contributed by atoms with E-state index in [-0.39, 0.29) is 11.6 Å². The molecule has 0 radical (unpaired) electrons. The van der Waals surface area contributed by atoms with Gasteiger partial charge in [-0.25, -0.2) is 4.79 Å². The third-order valence-corrected chi connectivity index (χ3v) is 3.07. The van der Waals surface area contributed by atoms with E-state index in [1.54, 1.807) is 17.0 Å². The lowest BCUT2D eigenvalue weighted by molar-refractivity contribution is -0.141. The molecule has 5 heteroatoms. The van der Waals surface area contributed by atoms with E-state index in [0.717, 1.165) is 12.8 Å². The number of imidazole rings is 1. The lowest BCUT2D eigenvalue weighted by Gasteiger charge is -2.08. The molecule has 2 rings (SSSR count). The smallest absolute Gasteiger partial charge is 0.325 e. The molecule has 1 saturated carbocycles. The maximum absolute atomic E-state index is 11.2. The van der Waals surface area contributed by atoms with Crippen molar-refractivity contribution in [3.63, 3.8) is 0 Å². The number of hydrogen-bond acceptors (Lipinski definition) is 2. The van der Waals surface area contributed by atoms with Gasteiger partial charge in [0.15, 0.2) is 0 Å². The predicted octanol–water partition coefficient (Wildman–Crippen LogP) is 0.677. The van der Waals surface area contributed by atoms with Gasteiger partial charge in [-0.15, -0.1) is 0 Å². The van der Waals surface area contributed by atoms with Crippen LogP contribution in [0.2, 0.25) is 0 Å². The molecule has 0 aliphatic heterocycles. The van der Waals surface area contributed by atoms with Gasteiger partial charge >= 0.3 is 11.7 Å². The van der Waals surface area contributed by atoms with Gasteiger partial charge in [0.25, 0.3) is 0 Å². The van der Waals surface area contributed by atoms with Gasteiger partial charge < -0.3 is 10.1 Å². The number of hydrogen-bond donors (Lipinski definition) is 2. The fourth-order valence-electron chi connectivity index (χ4n) is 2.24. The number of aliphatic carboxylic acids is 1. The van der Waals surface area contributed by atoms with Crippen molar-refractivity contribution in [2.75, 3.05) is 0 Å². The summed E-state index contributed by atoms with van der Waals surface area (Å²) >= 11 is 0. The van der Waals surface area contributed by atoms with Crippen molar-refractivity contribution >= 4 is 5.97 Å². The Morgan fingerprint density at radius 1 is 1.60 bits per heavy atom. The van der Waals surface area contributed by atoms with Crippen LogP contribution in [0.15, 0.2) is 17.2 Å². The van der Waals surface area contributed by atoms with Crippen LogP contribution in [0.1, 0.15) is 19.3 Å². The monoisotopic (exact) mass is 210 g/mol. The number of carboxylic acid groups (broad SMARTS) is 1. The Morgan fingerprint density at radius 2 is 2.40 bits per heavy atom. The van der Waals surface area contributed by atoms with E-state index in [0.29, 0.717) is 18.9 Å². The lowest BCUT2D eigenvalue weighted by atomic mass is 10.1. The minimum Gasteiger partial charge on any atom is -0.481 e. The van der Waals surface area contributed by atoms with Crippen LogP contribution in [-0.4, -0.2) is 20.6 Å². The zero-order valence-electron chi connectivity index (χ0n) is 8.35. The molecule has 2 unspecified atom stereocenters. The Bertz CT molecular complexity index is 407. The highest BCUT2D eigenvalue weighted by Crippen LogP contribution is 2.31. The number of nitrogens with one attached hydrogen (secondary N) is 1. The zero-order valence-corrected chi connectivity index (χ0v) is 8.35. The fraction of sp³-hybridized carbons (Fsp3) is 0.600. The Morgan fingerprint density at radius 3 is 2.93 bits per heavy atom. The maximum atomic E-state index is 11.2. The van der Waals surface area contributed by atoms with Crippen molar-refractivity contribution < 1.29 is 9.90 Å². The summed E-state index contributed by atoms with van der Waals surface area (Å²) in [5.41, 5.74) is -0.117. The average molecular weight is 210 g/mol. The molecule has 1 aromatic rings. The molecule has 0 bridgehead atoms. The van der Waals surface area contributed by atoms with E-state index in [9.17, 15) is 9.59 Å². The summed E-state index contributed by atoms with van der Waals surface area (Å²) < 4.78 is 1.61. The maximum Gasteiger partial charge on any atom is 0.325 e. The van der Waals surface area contributed by atoms with Gasteiger partial charge in [0.2, 0.25) is 0 Å². The second-order valence-corrected chi connectivity index (χ2v) is 4.13. The molecule has 1 aliphatic carbocycles. The first-order valence-corrected chi connectivity index (χ1v) is 5.13. The van der Waals surface area contributed by atoms with Crippen LogP contribution >= 0.6 is 0 Å². The Labute approximate surface area is 86.7 Å². The molecule has 2 N–H and O–H groups in total. The molecule has 2 atom stereocenters. The molecule has 0 saturated heterocycles. The van der Waals surface area contributed by atoms with E-state index in [4.69, 9.17) is 5.11 Å². The van der Waals surface area contributed by atoms with Crippen LogP contribution in [0.3, 0.4) is 0 Å². The van der Waals surface area contributed by atoms with Crippen LogP contribution in [0.4, 0.5) is 0 Å². The SMILES string of the molecule is O=C(O)C1CCC(Cn2cc[nH]c2=O)C1. The van der Waals surface area contributed by atoms with Crippen molar-refractivity contribution in [3.05, 3.63) is 22.9 Å². The summed E-state index contributed by atoms with van der Waals surface area (Å²) in [6.45, 7) is 0.631. The summed E-state index contributed by atoms with van der Waals surface area (Å²) in [4.78, 5) is 24.5. The number of carboxylic acids is 1. The summed E-state index contributed by atoms with van der Waals surface area (Å²) in [7, 11) is 0. The molecule has 15 heavy (non-hydrogen) atoms. The van der Waals surface area contributed by atoms with E-state index < -0.39 is 5.97 Å². The van der Waals surface area contributed by atoms with Gasteiger partial charge in [0, 0.05) is 18.9 Å². The van der Waals surface area contributed by atoms with E-state index in [1.807, 2.05) is 0 Å². The lowest BCUT2D eigenvalue weighted by Crippen LogP contribution is -2.20. The first-order valence-electron chi connectivity index (χ1n) is 5.13. The normalized spacial score (nSPS) is 25.6. The Balaban J connectivity index is 1.96. The minimum atomic E-state index is -0.709. The largest absolute Gasteiger partial charge is 0.481 e. The number of nitrogens with zero attached hydrogens (tertiary/aromatic N) is 1. The third kappa shape index (κ3) is 2.11. The summed E-state index contributed by atoms with van der Waals surface area (Å²) in [6.07, 6.45) is 5.63. The Kier molecular flexibility index (Phi) is 2.62. The second-order valence-electron chi connectivity index (χ2n) is 4.13. The molecule has 5 nitrogen and oxygen atoms in total. The van der Waals surface area contributed by atoms with Crippen LogP contribution < -0.4 is 5.69 Å². The van der Waals surface area contributed by atoms with Crippen LogP contribution in [0.25, 0.3) is 0 Å². The average Bonchev–Trinajstić information content (AvgIpc) is 2.77. The third-order valence-electron chi connectivity index (χ3n) is 3.07. The topological polar surface area (TPSA) is 75.1 Å². The van der Waals surface area contributed by atoms with Crippen molar-refractivity contribution in [1.82, 2.24) is 9.55 Å². The molecule has 0 aromatic carbocycles. The first kappa shape index (κ1) is 10.0. The quantitative estimate of drug-likeness (QED) is 0.770. The van der Waals surface area contributed by atoms with Gasteiger partial charge in [-0.2, -0.15) is 0 Å². The number of carbonyl (C=O) groups is 1. The molecule has 0 spiro atoms. The predicted molar refractivity (Wildman–Crippen MR) is 53.5 cm³/mol. The van der Waals surface area contributed by atoms with Gasteiger partial charge in [-0.3, -0.25) is 9.36 Å². The number of aromatic amines is 1. The number of rotatable bonds is 3. The van der Waals surface area contributed by atoms with Crippen LogP contribution in [0, 0.1) is 11.8 Å². The van der Waals surface area contributed by atoms with Crippen LogP contribution in [-0.2, 0) is 11.3 Å². The Hall–Kier alpha value is -1.52. The first-order chi connectivity index (χ1) is 7.16. The molecule has 1 fully saturated rings. The van der Waals surface area contributed by atoms with Crippen molar-refractivity contribution in [2.45, 2.75) is 25.8 Å². The molecular weight excluding hydrogens is 196 g/mol. The molecule has 1 heterocycles. The van der Waals surface area contributed by atoms with Crippen molar-refractivity contribution in [2.24, 2.45) is 11.8 Å². The molecule has 1 aromatic heterocycles. The van der Waals surface area contributed by atoms with Crippen molar-refractivity contribution in [1.29, 1.82) is 0 Å². The van der Waals surface area contributed by atoms with E-state index >= 15 is 0 Å². The highest BCUT2D eigenvalue weighted by atomic mass is 16.4. The number of aromatic nitrogens is 2. The molecule has 0 amide bonds. The van der Waals surface area contributed by atoms with Crippen molar-refractivity contribution in [3.8, 4) is 0 Å². The van der Waals surface area contributed by atoms with E-state index in [2.05, 4.69) is 4.98 Å². The summed E-state index contributed by atoms with van der Waals surface area (Å²) in [5, 5.41) is 8.84. The highest BCUT2D eigenvalue weighted by molar-refractivity contribution is 5.70. The second kappa shape index (κ2) is 3.92. The van der Waals surface area contributed by atoms with Crippen LogP contribution in [0.5, 0.6) is 0 Å². The van der Waals surface area contributed by atoms with Gasteiger partial charge in [-0.1, -0.05) is 0 Å². The highest BCUT2D eigenvalue weighted by Gasteiger charge is 2.29. The molecule has 1 aliphatic rings. The fourth-order valence-corrected chi connectivity index (χ4v) is 2.24. The number of H-pyrrole nitrogens is 1. The summed E-state index contributed by atoms with van der Waals surface area (Å²) in [5.74, 6) is -0.608. The van der Waals surface area contributed by atoms with Gasteiger partial charge in [0.1, 0.15) is 0 Å². The van der Waals surface area contributed by atoms with Gasteiger partial charge in [0.05, 0.1) is 5.92 Å². The minimum absolute atomic E-state index is 0.117. The zero-order chi connectivity index (χ0) is 10.8. The summed E-state index contributed by atoms with van der Waals surface area (Å²) in [6, 6.07) is 0. The standard InChI is InChI=1S/C10H14N2O3/c13-9(14)8-2-1-7(5-8)6-12-4-3-11-10(12)15/h3-4,7-8H,1-2,5-6H2,(H,11,15)(H,13,14).